The van der Waals surface area contributed by atoms with Crippen molar-refractivity contribution < 1.29 is 14.3 Å². The SMILES string of the molecule is C=CC(N)c1ccc(C(=O)O)o1. The van der Waals surface area contributed by atoms with Crippen LogP contribution in [0.25, 0.3) is 0 Å². The second-order valence-electron chi connectivity index (χ2n) is 2.27. The Labute approximate surface area is 69.3 Å². The molecule has 12 heavy (non-hydrogen) atoms. The van der Waals surface area contributed by atoms with E-state index in [2.05, 4.69) is 6.58 Å². The highest BCUT2D eigenvalue weighted by Crippen LogP contribution is 2.14. The monoisotopic (exact) mass is 167 g/mol. The number of carbonyl (C=O) groups is 1. The highest BCUT2D eigenvalue weighted by molar-refractivity contribution is 5.84. The third-order valence-corrected chi connectivity index (χ3v) is 1.42. The van der Waals surface area contributed by atoms with Crippen molar-refractivity contribution in [3.63, 3.8) is 0 Å². The fraction of sp³-hybridized carbons (Fsp3) is 0.125. The van der Waals surface area contributed by atoms with Crippen LogP contribution >= 0.6 is 0 Å². The Morgan fingerprint density at radius 2 is 2.42 bits per heavy atom. The van der Waals surface area contributed by atoms with Crippen molar-refractivity contribution in [2.45, 2.75) is 6.04 Å². The maximum absolute atomic E-state index is 10.4. The van der Waals surface area contributed by atoms with E-state index in [-0.39, 0.29) is 5.76 Å². The Morgan fingerprint density at radius 3 is 2.83 bits per heavy atom. The van der Waals surface area contributed by atoms with E-state index in [9.17, 15) is 4.79 Å². The summed E-state index contributed by atoms with van der Waals surface area (Å²) in [4.78, 5) is 10.4. The van der Waals surface area contributed by atoms with Gasteiger partial charge in [-0.3, -0.25) is 0 Å². The topological polar surface area (TPSA) is 76.5 Å². The minimum Gasteiger partial charge on any atom is -0.475 e. The van der Waals surface area contributed by atoms with Crippen LogP contribution < -0.4 is 5.73 Å². The highest BCUT2D eigenvalue weighted by Gasteiger charge is 2.11. The van der Waals surface area contributed by atoms with E-state index in [4.69, 9.17) is 15.3 Å². The van der Waals surface area contributed by atoms with Gasteiger partial charge in [0.1, 0.15) is 5.76 Å². The fourth-order valence-corrected chi connectivity index (χ4v) is 0.763. The molecule has 3 N–H and O–H groups in total. The van der Waals surface area contributed by atoms with E-state index in [1.54, 1.807) is 0 Å². The number of carboxylic acid groups (broad SMARTS) is 1. The number of furan rings is 1. The van der Waals surface area contributed by atoms with Crippen LogP contribution in [0.4, 0.5) is 0 Å². The molecule has 0 aliphatic heterocycles. The summed E-state index contributed by atoms with van der Waals surface area (Å²) in [6.45, 7) is 3.46. The van der Waals surface area contributed by atoms with Gasteiger partial charge in [-0.2, -0.15) is 0 Å². The average molecular weight is 167 g/mol. The lowest BCUT2D eigenvalue weighted by Gasteiger charge is -1.98. The van der Waals surface area contributed by atoms with E-state index in [0.717, 1.165) is 0 Å². The van der Waals surface area contributed by atoms with Gasteiger partial charge < -0.3 is 15.3 Å². The lowest BCUT2D eigenvalue weighted by atomic mass is 10.2. The molecule has 0 spiro atoms. The largest absolute Gasteiger partial charge is 0.475 e. The first-order chi connectivity index (χ1) is 5.65. The number of carboxylic acids is 1. The molecule has 1 aromatic rings. The molecule has 0 radical (unpaired) electrons. The molecule has 0 amide bonds. The average Bonchev–Trinajstić information content (AvgIpc) is 2.51. The van der Waals surface area contributed by atoms with Gasteiger partial charge in [-0.25, -0.2) is 4.79 Å². The van der Waals surface area contributed by atoms with E-state index < -0.39 is 12.0 Å². The molecule has 4 nitrogen and oxygen atoms in total. The van der Waals surface area contributed by atoms with Gasteiger partial charge in [0.2, 0.25) is 5.76 Å². The van der Waals surface area contributed by atoms with Gasteiger partial charge in [0, 0.05) is 0 Å². The molecule has 64 valence electrons. The molecule has 1 heterocycles. The first kappa shape index (κ1) is 8.55. The Morgan fingerprint density at radius 1 is 1.75 bits per heavy atom. The van der Waals surface area contributed by atoms with Crippen molar-refractivity contribution in [2.75, 3.05) is 0 Å². The second kappa shape index (κ2) is 3.23. The smallest absolute Gasteiger partial charge is 0.371 e. The van der Waals surface area contributed by atoms with Crippen LogP contribution in [0.5, 0.6) is 0 Å². The Balaban J connectivity index is 2.91. The summed E-state index contributed by atoms with van der Waals surface area (Å²) >= 11 is 0. The predicted octanol–water partition coefficient (Wildman–Crippen LogP) is 1.16. The van der Waals surface area contributed by atoms with Crippen LogP contribution in [0.15, 0.2) is 29.2 Å². The molecule has 1 rings (SSSR count). The third-order valence-electron chi connectivity index (χ3n) is 1.42. The highest BCUT2D eigenvalue weighted by atomic mass is 16.4. The normalized spacial score (nSPS) is 12.4. The molecule has 1 unspecified atom stereocenters. The molecule has 0 fully saturated rings. The first-order valence-electron chi connectivity index (χ1n) is 3.36. The lowest BCUT2D eigenvalue weighted by Crippen LogP contribution is -2.04. The van der Waals surface area contributed by atoms with Crippen LogP contribution in [0.3, 0.4) is 0 Å². The minimum atomic E-state index is -1.10. The van der Waals surface area contributed by atoms with Gasteiger partial charge in [-0.1, -0.05) is 6.08 Å². The summed E-state index contributed by atoms with van der Waals surface area (Å²) < 4.78 is 4.90. The lowest BCUT2D eigenvalue weighted by molar-refractivity contribution is 0.0660. The van der Waals surface area contributed by atoms with Gasteiger partial charge >= 0.3 is 5.97 Å². The Hall–Kier alpha value is -1.55. The summed E-state index contributed by atoms with van der Waals surface area (Å²) in [6.07, 6.45) is 1.48. The van der Waals surface area contributed by atoms with Crippen LogP contribution in [0.1, 0.15) is 22.4 Å². The molecule has 1 aromatic heterocycles. The van der Waals surface area contributed by atoms with Crippen molar-refractivity contribution in [1.29, 1.82) is 0 Å². The van der Waals surface area contributed by atoms with Crippen molar-refractivity contribution in [2.24, 2.45) is 5.73 Å². The molecule has 0 aliphatic carbocycles. The predicted molar refractivity (Wildman–Crippen MR) is 42.8 cm³/mol. The quantitative estimate of drug-likeness (QED) is 0.662. The number of nitrogens with two attached hydrogens (primary N) is 1. The molecule has 1 atom stereocenters. The Kier molecular flexibility index (Phi) is 2.30. The zero-order valence-electron chi connectivity index (χ0n) is 6.36. The summed E-state index contributed by atoms with van der Waals surface area (Å²) in [7, 11) is 0. The summed E-state index contributed by atoms with van der Waals surface area (Å²) in [5.41, 5.74) is 5.50. The van der Waals surface area contributed by atoms with Crippen LogP contribution in [-0.2, 0) is 0 Å². The van der Waals surface area contributed by atoms with Gasteiger partial charge in [0.25, 0.3) is 0 Å². The second-order valence-corrected chi connectivity index (χ2v) is 2.27. The fourth-order valence-electron chi connectivity index (χ4n) is 0.763. The number of hydrogen-bond acceptors (Lipinski definition) is 3. The maximum Gasteiger partial charge on any atom is 0.371 e. The molecule has 0 saturated carbocycles. The maximum atomic E-state index is 10.4. The Bertz CT molecular complexity index is 303. The molecular weight excluding hydrogens is 158 g/mol. The van der Waals surface area contributed by atoms with Crippen molar-refractivity contribution in [1.82, 2.24) is 0 Å². The third kappa shape index (κ3) is 1.54. The molecule has 0 aliphatic rings. The molecular formula is C8H9NO3. The van der Waals surface area contributed by atoms with Crippen molar-refractivity contribution in [3.05, 3.63) is 36.3 Å². The summed E-state index contributed by atoms with van der Waals surface area (Å²) in [5.74, 6) is -0.804. The first-order valence-corrected chi connectivity index (χ1v) is 3.36. The van der Waals surface area contributed by atoms with Crippen molar-refractivity contribution >= 4 is 5.97 Å². The van der Waals surface area contributed by atoms with Gasteiger partial charge in [0.05, 0.1) is 6.04 Å². The van der Waals surface area contributed by atoms with Crippen LogP contribution in [0, 0.1) is 0 Å². The number of hydrogen-bond donors (Lipinski definition) is 2. The number of aromatic carboxylic acids is 1. The van der Waals surface area contributed by atoms with Crippen LogP contribution in [-0.4, -0.2) is 11.1 Å². The zero-order chi connectivity index (χ0) is 9.14. The standard InChI is InChI=1S/C8H9NO3/c1-2-5(9)6-3-4-7(12-6)8(10)11/h2-5H,1,9H2,(H,10,11). The van der Waals surface area contributed by atoms with E-state index in [1.807, 2.05) is 0 Å². The molecule has 4 heteroatoms. The zero-order valence-corrected chi connectivity index (χ0v) is 6.36. The van der Waals surface area contributed by atoms with E-state index in [1.165, 1.54) is 18.2 Å². The van der Waals surface area contributed by atoms with E-state index in [0.29, 0.717) is 5.76 Å². The molecule has 0 bridgehead atoms. The summed E-state index contributed by atoms with van der Waals surface area (Å²) in [5, 5.41) is 8.49. The summed E-state index contributed by atoms with van der Waals surface area (Å²) in [6, 6.07) is 2.44. The van der Waals surface area contributed by atoms with Gasteiger partial charge in [0.15, 0.2) is 0 Å². The molecule has 0 saturated heterocycles. The number of rotatable bonds is 3. The van der Waals surface area contributed by atoms with Gasteiger partial charge in [-0.15, -0.1) is 6.58 Å². The van der Waals surface area contributed by atoms with E-state index >= 15 is 0 Å². The van der Waals surface area contributed by atoms with Gasteiger partial charge in [-0.05, 0) is 12.1 Å². The van der Waals surface area contributed by atoms with Crippen LogP contribution in [0.2, 0.25) is 0 Å². The van der Waals surface area contributed by atoms with Crippen molar-refractivity contribution in [3.8, 4) is 0 Å². The molecule has 0 aromatic carbocycles. The minimum absolute atomic E-state index is 0.109.